The third-order valence-electron chi connectivity index (χ3n) is 6.03. The Balaban J connectivity index is 0.00000274. The number of thiazole rings is 1. The van der Waals surface area contributed by atoms with Crippen LogP contribution < -0.4 is 0 Å². The van der Waals surface area contributed by atoms with E-state index in [0.717, 1.165) is 59.0 Å². The molecular weight excluding hydrogens is 476 g/mol. The number of rotatable bonds is 5. The summed E-state index contributed by atoms with van der Waals surface area (Å²) in [5, 5.41) is 0.300. The maximum Gasteiger partial charge on any atom is 0.195 e. The zero-order valence-electron chi connectivity index (χ0n) is 18.9. The fourth-order valence-corrected chi connectivity index (χ4v) is 5.50. The number of aryl methyl sites for hydroxylation is 4. The van der Waals surface area contributed by atoms with Crippen molar-refractivity contribution in [2.75, 3.05) is 0 Å². The molecule has 4 nitrogen and oxygen atoms in total. The molecule has 176 valence electrons. The molecule has 5 rings (SSSR count). The first-order valence-electron chi connectivity index (χ1n) is 11.1. The van der Waals surface area contributed by atoms with Crippen molar-refractivity contribution < 1.29 is 13.6 Å². The van der Waals surface area contributed by atoms with Crippen molar-refractivity contribution >= 4 is 29.5 Å². The summed E-state index contributed by atoms with van der Waals surface area (Å²) < 4.78 is 30.2. The fourth-order valence-electron chi connectivity index (χ4n) is 4.40. The van der Waals surface area contributed by atoms with Gasteiger partial charge in [-0.1, -0.05) is 19.1 Å². The summed E-state index contributed by atoms with van der Waals surface area (Å²) in [6.07, 6.45) is 5.15. The molecule has 2 aromatic carbocycles. The first kappa shape index (κ1) is 24.2. The van der Waals surface area contributed by atoms with Crippen LogP contribution >= 0.6 is 23.7 Å². The number of carbonyl (C=O) groups is 1. The number of nitrogens with zero attached hydrogens (tertiary/aromatic N) is 3. The van der Waals surface area contributed by atoms with E-state index in [1.165, 1.54) is 35.1 Å². The summed E-state index contributed by atoms with van der Waals surface area (Å²) in [4.78, 5) is 23.1. The van der Waals surface area contributed by atoms with Crippen LogP contribution in [0.2, 0.25) is 0 Å². The number of halogens is 3. The molecule has 34 heavy (non-hydrogen) atoms. The highest BCUT2D eigenvalue weighted by molar-refractivity contribution is 7.17. The molecule has 0 unspecified atom stereocenters. The van der Waals surface area contributed by atoms with Crippen LogP contribution in [0.4, 0.5) is 8.78 Å². The van der Waals surface area contributed by atoms with E-state index in [4.69, 9.17) is 0 Å². The third kappa shape index (κ3) is 4.42. The molecule has 0 saturated heterocycles. The largest absolute Gasteiger partial charge is 0.303 e. The van der Waals surface area contributed by atoms with Gasteiger partial charge in [-0.3, -0.25) is 4.79 Å². The Morgan fingerprint density at radius 3 is 2.62 bits per heavy atom. The van der Waals surface area contributed by atoms with E-state index in [0.29, 0.717) is 5.01 Å². The molecule has 2 heterocycles. The number of imidazole rings is 1. The quantitative estimate of drug-likeness (QED) is 0.295. The molecule has 0 N–H and O–H groups in total. The van der Waals surface area contributed by atoms with E-state index < -0.39 is 11.6 Å². The van der Waals surface area contributed by atoms with Gasteiger partial charge in [-0.05, 0) is 61.6 Å². The highest BCUT2D eigenvalue weighted by Crippen LogP contribution is 2.38. The average Bonchev–Trinajstić information content (AvgIpc) is 3.35. The van der Waals surface area contributed by atoms with Crippen LogP contribution in [0.15, 0.2) is 42.6 Å². The van der Waals surface area contributed by atoms with Crippen LogP contribution in [0.25, 0.3) is 16.1 Å². The van der Waals surface area contributed by atoms with Gasteiger partial charge >= 0.3 is 0 Å². The van der Waals surface area contributed by atoms with Crippen LogP contribution in [0.1, 0.15) is 51.5 Å². The lowest BCUT2D eigenvalue weighted by Crippen LogP contribution is -2.07. The van der Waals surface area contributed by atoms with Crippen LogP contribution in [-0.4, -0.2) is 20.3 Å². The number of hydrogen-bond donors (Lipinski definition) is 0. The summed E-state index contributed by atoms with van der Waals surface area (Å²) in [6.45, 7) is 4.07. The van der Waals surface area contributed by atoms with Gasteiger partial charge in [0.25, 0.3) is 0 Å². The zero-order chi connectivity index (χ0) is 23.1. The molecular formula is C26H24ClF2N3OS. The minimum atomic E-state index is -0.709. The number of hydrogen-bond acceptors (Lipinski definition) is 4. The van der Waals surface area contributed by atoms with Crippen molar-refractivity contribution in [3.63, 3.8) is 0 Å². The van der Waals surface area contributed by atoms with Gasteiger partial charge in [0.2, 0.25) is 0 Å². The Bertz CT molecular complexity index is 1360. The number of aromatic nitrogens is 3. The van der Waals surface area contributed by atoms with E-state index in [2.05, 4.69) is 39.7 Å². The van der Waals surface area contributed by atoms with Gasteiger partial charge in [0, 0.05) is 30.3 Å². The number of carbonyl (C=O) groups excluding carboxylic acids is 1. The Kier molecular flexibility index (Phi) is 6.96. The van der Waals surface area contributed by atoms with Crippen molar-refractivity contribution in [2.45, 2.75) is 46.0 Å². The second-order valence-corrected chi connectivity index (χ2v) is 9.31. The molecule has 0 atom stereocenters. The smallest absolute Gasteiger partial charge is 0.195 e. The Morgan fingerprint density at radius 2 is 1.88 bits per heavy atom. The summed E-state index contributed by atoms with van der Waals surface area (Å²) in [5.41, 5.74) is 4.95. The SMILES string of the molecule is CCc1nc(C)cn1-c1ccc2c(c1)-c1sc(C(=O)Cc3c(F)cccc3F)nc1CCC2.Cl. The highest BCUT2D eigenvalue weighted by atomic mass is 35.5. The van der Waals surface area contributed by atoms with Crippen molar-refractivity contribution in [2.24, 2.45) is 0 Å². The summed E-state index contributed by atoms with van der Waals surface area (Å²) in [5.74, 6) is -0.792. The van der Waals surface area contributed by atoms with Gasteiger partial charge in [0.15, 0.2) is 10.8 Å². The van der Waals surface area contributed by atoms with E-state index in [1.807, 2.05) is 13.1 Å². The second kappa shape index (κ2) is 9.76. The number of Topliss-reactive ketones (excluding diaryl/α,β-unsaturated/α-hetero) is 1. The van der Waals surface area contributed by atoms with Crippen molar-refractivity contribution in [1.82, 2.24) is 14.5 Å². The topological polar surface area (TPSA) is 47.8 Å². The minimum Gasteiger partial charge on any atom is -0.303 e. The van der Waals surface area contributed by atoms with Gasteiger partial charge in [-0.15, -0.1) is 23.7 Å². The first-order chi connectivity index (χ1) is 15.9. The molecule has 0 saturated carbocycles. The van der Waals surface area contributed by atoms with Crippen molar-refractivity contribution in [3.8, 4) is 16.1 Å². The molecule has 0 bridgehead atoms. The number of fused-ring (bicyclic) bond motifs is 3. The van der Waals surface area contributed by atoms with Crippen LogP contribution in [0.3, 0.4) is 0 Å². The minimum absolute atomic E-state index is 0. The molecule has 0 amide bonds. The van der Waals surface area contributed by atoms with Gasteiger partial charge in [-0.2, -0.15) is 0 Å². The summed E-state index contributed by atoms with van der Waals surface area (Å²) in [7, 11) is 0. The number of ketones is 1. The normalized spacial score (nSPS) is 12.5. The van der Waals surface area contributed by atoms with Crippen molar-refractivity contribution in [3.05, 3.63) is 87.6 Å². The average molecular weight is 500 g/mol. The van der Waals surface area contributed by atoms with E-state index in [1.54, 1.807) is 0 Å². The molecule has 0 fully saturated rings. The Hall–Kier alpha value is -2.90. The van der Waals surface area contributed by atoms with Gasteiger partial charge in [0.1, 0.15) is 17.5 Å². The molecule has 0 radical (unpaired) electrons. The molecule has 1 aliphatic rings. The van der Waals surface area contributed by atoms with Gasteiger partial charge < -0.3 is 4.57 Å². The lowest BCUT2D eigenvalue weighted by atomic mass is 10.0. The van der Waals surface area contributed by atoms with Gasteiger partial charge in [0.05, 0.1) is 16.3 Å². The molecule has 0 aliphatic heterocycles. The first-order valence-corrected chi connectivity index (χ1v) is 11.9. The van der Waals surface area contributed by atoms with E-state index in [-0.39, 0.29) is 30.2 Å². The molecule has 8 heteroatoms. The number of benzene rings is 2. The standard InChI is InChI=1S/C26H23F2N3OS.ClH/c1-3-24-29-15(2)14-31(24)17-11-10-16-6-4-9-22-25(18(16)12-17)33-26(30-22)23(32)13-19-20(27)7-5-8-21(19)28;/h5,7-8,10-12,14H,3-4,6,9,13H2,1-2H3;1H. The Morgan fingerprint density at radius 1 is 1.12 bits per heavy atom. The predicted molar refractivity (Wildman–Crippen MR) is 132 cm³/mol. The lowest BCUT2D eigenvalue weighted by molar-refractivity contribution is 0.0990. The zero-order valence-corrected chi connectivity index (χ0v) is 20.5. The second-order valence-electron chi connectivity index (χ2n) is 8.31. The molecule has 4 aromatic rings. The molecule has 2 aromatic heterocycles. The van der Waals surface area contributed by atoms with E-state index in [9.17, 15) is 13.6 Å². The lowest BCUT2D eigenvalue weighted by Gasteiger charge is -2.11. The Labute approximate surface area is 207 Å². The maximum atomic E-state index is 14.1. The third-order valence-corrected chi connectivity index (χ3v) is 7.20. The van der Waals surface area contributed by atoms with E-state index >= 15 is 0 Å². The summed E-state index contributed by atoms with van der Waals surface area (Å²) in [6, 6.07) is 10.0. The summed E-state index contributed by atoms with van der Waals surface area (Å²) >= 11 is 1.32. The predicted octanol–water partition coefficient (Wildman–Crippen LogP) is 6.48. The van der Waals surface area contributed by atoms with Crippen LogP contribution in [0, 0.1) is 18.6 Å². The van der Waals surface area contributed by atoms with Crippen molar-refractivity contribution in [1.29, 1.82) is 0 Å². The van der Waals surface area contributed by atoms with Crippen LogP contribution in [0.5, 0.6) is 0 Å². The molecule has 0 spiro atoms. The maximum absolute atomic E-state index is 14.1. The highest BCUT2D eigenvalue weighted by Gasteiger charge is 2.24. The monoisotopic (exact) mass is 499 g/mol. The fraction of sp³-hybridized carbons (Fsp3) is 0.269. The van der Waals surface area contributed by atoms with Crippen LogP contribution in [-0.2, 0) is 25.7 Å². The van der Waals surface area contributed by atoms with Gasteiger partial charge in [-0.25, -0.2) is 18.7 Å². The molecule has 1 aliphatic carbocycles.